The van der Waals surface area contributed by atoms with E-state index in [0.29, 0.717) is 11.6 Å². The van der Waals surface area contributed by atoms with E-state index >= 15 is 0 Å². The second-order valence-electron chi connectivity index (χ2n) is 7.19. The van der Waals surface area contributed by atoms with Crippen molar-refractivity contribution < 1.29 is 37.8 Å². The van der Waals surface area contributed by atoms with Gasteiger partial charge >= 0.3 is 19.7 Å². The van der Waals surface area contributed by atoms with Crippen molar-refractivity contribution in [3.8, 4) is 18.1 Å². The number of aliphatic imine (C=N–C) groups is 1. The van der Waals surface area contributed by atoms with Gasteiger partial charge in [-0.2, -0.15) is 0 Å². The van der Waals surface area contributed by atoms with Crippen LogP contribution in [-0.4, -0.2) is 87.7 Å². The number of phosphoric ester groups is 1. The van der Waals surface area contributed by atoms with Crippen LogP contribution in [0.4, 0.5) is 4.79 Å². The molecule has 174 valence electrons. The molecule has 3 amide bonds. The fourth-order valence-corrected chi connectivity index (χ4v) is 3.82. The van der Waals surface area contributed by atoms with Crippen LogP contribution in [0.25, 0.3) is 6.08 Å². The van der Waals surface area contributed by atoms with Crippen LogP contribution in [0.3, 0.4) is 0 Å². The zero-order valence-corrected chi connectivity index (χ0v) is 19.0. The van der Waals surface area contributed by atoms with Gasteiger partial charge in [0.05, 0.1) is 27.3 Å². The van der Waals surface area contributed by atoms with Gasteiger partial charge in [-0.3, -0.25) is 14.2 Å². The zero-order chi connectivity index (χ0) is 24.2. The highest BCUT2D eigenvalue weighted by Gasteiger charge is 2.53. The fourth-order valence-electron chi connectivity index (χ4n) is 3.46. The van der Waals surface area contributed by atoms with Gasteiger partial charge in [0.15, 0.2) is 0 Å². The van der Waals surface area contributed by atoms with E-state index < -0.39 is 25.8 Å². The number of hydrogen-bond donors (Lipinski definition) is 2. The third-order valence-electron chi connectivity index (χ3n) is 5.01. The lowest BCUT2D eigenvalue weighted by molar-refractivity contribution is -0.504. The van der Waals surface area contributed by atoms with E-state index in [1.807, 2.05) is 24.3 Å². The third kappa shape index (κ3) is 5.56. The van der Waals surface area contributed by atoms with Crippen LogP contribution in [0.15, 0.2) is 35.3 Å². The van der Waals surface area contributed by atoms with E-state index in [1.165, 1.54) is 4.90 Å². The molecule has 2 aliphatic heterocycles. The second-order valence-corrected chi connectivity index (χ2v) is 8.43. The number of carbonyl (C=O) groups is 2. The average Bonchev–Trinajstić information content (AvgIpc) is 3.10. The Bertz CT molecular complexity index is 1130. The van der Waals surface area contributed by atoms with Gasteiger partial charge in [-0.25, -0.2) is 18.8 Å². The number of ether oxygens (including phenoxy) is 1. The van der Waals surface area contributed by atoms with Gasteiger partial charge in [-0.15, -0.1) is 6.42 Å². The highest BCUT2D eigenvalue weighted by atomic mass is 31.2. The summed E-state index contributed by atoms with van der Waals surface area (Å²) in [7, 11) is -1.37. The molecule has 1 fully saturated rings. The highest BCUT2D eigenvalue weighted by molar-refractivity contribution is 7.46. The van der Waals surface area contributed by atoms with Gasteiger partial charge in [-0.1, -0.05) is 18.1 Å². The Hall–Kier alpha value is -3.29. The molecule has 2 heterocycles. The van der Waals surface area contributed by atoms with Gasteiger partial charge in [0.2, 0.25) is 0 Å². The molecule has 0 radical (unpaired) electrons. The summed E-state index contributed by atoms with van der Waals surface area (Å²) >= 11 is 0. The molecule has 0 aliphatic carbocycles. The number of urea groups is 1. The molecule has 2 aliphatic rings. The van der Waals surface area contributed by atoms with Crippen molar-refractivity contribution in [3.05, 3.63) is 35.9 Å². The van der Waals surface area contributed by atoms with E-state index in [1.54, 1.807) is 30.9 Å². The molecule has 0 bridgehead atoms. The Morgan fingerprint density at radius 2 is 2.06 bits per heavy atom. The maximum atomic E-state index is 13.0. The molecule has 2 N–H and O–H groups in total. The summed E-state index contributed by atoms with van der Waals surface area (Å²) in [5, 5.41) is 0. The number of methoxy groups -OCH3 is 1. The summed E-state index contributed by atoms with van der Waals surface area (Å²) in [5.41, 5.74) is 0.855. The van der Waals surface area contributed by atoms with E-state index in [0.717, 1.165) is 10.5 Å². The number of carbonyl (C=O) groups excluding carboxylic acids is 2. The normalized spacial score (nSPS) is 18.6. The molecule has 1 saturated heterocycles. The van der Waals surface area contributed by atoms with E-state index in [2.05, 4.69) is 15.4 Å². The molecular weight excluding hydrogens is 451 g/mol. The number of amidine groups is 2. The third-order valence-corrected chi connectivity index (χ3v) is 5.53. The van der Waals surface area contributed by atoms with Crippen molar-refractivity contribution in [3.63, 3.8) is 0 Å². The smallest absolute Gasteiger partial charge is 0.469 e. The summed E-state index contributed by atoms with van der Waals surface area (Å²) in [6.45, 7) is -0.458. The van der Waals surface area contributed by atoms with Crippen LogP contribution in [0, 0.1) is 12.3 Å². The molecule has 12 heteroatoms. The molecule has 3 rings (SSSR count). The van der Waals surface area contributed by atoms with Crippen LogP contribution in [-0.2, 0) is 13.9 Å². The first-order chi connectivity index (χ1) is 15.7. The van der Waals surface area contributed by atoms with Crippen LogP contribution < -0.4 is 4.74 Å². The largest absolute Gasteiger partial charge is 0.497 e. The fraction of sp³-hybridized carbons (Fsp3) is 0.333. The standard InChI is InChI=1S/C21H23N4O7P/c1-4-11-25-20(26)18-19(24(21(25)27)12-6-13-32-33(28,29)30)22-17(23(18)2)10-9-15-7-5-8-16(14-15)31-3/h1,5,7-10,14,18H,6,11-13H2,2-3H3,(H-,28,29,30)/p+1/b10-9+. The molecule has 0 spiro atoms. The molecule has 1 aromatic carbocycles. The predicted octanol–water partition coefficient (Wildman–Crippen LogP) is 0.927. The van der Waals surface area contributed by atoms with Crippen LogP contribution in [0.1, 0.15) is 12.0 Å². The van der Waals surface area contributed by atoms with Crippen molar-refractivity contribution in [2.24, 2.45) is 4.99 Å². The number of rotatable bonds is 9. The molecule has 33 heavy (non-hydrogen) atoms. The first-order valence-corrected chi connectivity index (χ1v) is 11.5. The number of fused-ring (bicyclic) bond motifs is 1. The second kappa shape index (κ2) is 10.1. The number of terminal acetylenes is 1. The Balaban J connectivity index is 1.87. The predicted molar refractivity (Wildman–Crippen MR) is 120 cm³/mol. The number of benzene rings is 1. The van der Waals surface area contributed by atoms with Crippen molar-refractivity contribution in [1.29, 1.82) is 0 Å². The topological polar surface area (TPSA) is 132 Å². The van der Waals surface area contributed by atoms with Gasteiger partial charge in [0.25, 0.3) is 17.8 Å². The average molecular weight is 475 g/mol. The molecular formula is C21H24N4O7P+. The summed E-state index contributed by atoms with van der Waals surface area (Å²) < 4.78 is 22.2. The zero-order valence-electron chi connectivity index (χ0n) is 18.1. The monoisotopic (exact) mass is 475 g/mol. The van der Waals surface area contributed by atoms with Crippen LogP contribution in [0.2, 0.25) is 0 Å². The minimum atomic E-state index is -4.62. The first kappa shape index (κ1) is 24.4. The molecule has 11 nitrogen and oxygen atoms in total. The number of imide groups is 1. The SMILES string of the molecule is C#CCN1C(=O)C2C(=NC(/C=C/c3cccc(OC)c3)=[N+]2C)N(CCCOP(=O)(O)O)C1=O. The lowest BCUT2D eigenvalue weighted by Crippen LogP contribution is -2.63. The van der Waals surface area contributed by atoms with Gasteiger partial charge in [0.1, 0.15) is 5.75 Å². The number of phosphoric acid groups is 1. The van der Waals surface area contributed by atoms with E-state index in [9.17, 15) is 14.2 Å². The highest BCUT2D eigenvalue weighted by Crippen LogP contribution is 2.35. The number of hydrogen-bond acceptors (Lipinski definition) is 6. The summed E-state index contributed by atoms with van der Waals surface area (Å²) in [5.74, 6) is 3.19. The van der Waals surface area contributed by atoms with Crippen LogP contribution >= 0.6 is 7.82 Å². The van der Waals surface area contributed by atoms with Crippen molar-refractivity contribution in [2.45, 2.75) is 12.5 Å². The molecule has 1 unspecified atom stereocenters. The number of likely N-dealkylation sites (N-methyl/N-ethyl adjacent to an activating group) is 1. The number of amides is 3. The lowest BCUT2D eigenvalue weighted by Gasteiger charge is -2.33. The molecule has 1 atom stereocenters. The van der Waals surface area contributed by atoms with Gasteiger partial charge in [-0.05, 0) is 35.2 Å². The minimum absolute atomic E-state index is 0.0310. The minimum Gasteiger partial charge on any atom is -0.497 e. The maximum absolute atomic E-state index is 13.0. The van der Waals surface area contributed by atoms with Gasteiger partial charge < -0.3 is 14.5 Å². The summed E-state index contributed by atoms with van der Waals surface area (Å²) in [6.07, 6.45) is 8.98. The quantitative estimate of drug-likeness (QED) is 0.235. The Morgan fingerprint density at radius 3 is 2.73 bits per heavy atom. The molecule has 0 aromatic heterocycles. The summed E-state index contributed by atoms with van der Waals surface area (Å²) in [6, 6.07) is 5.88. The first-order valence-electron chi connectivity index (χ1n) is 9.93. The Morgan fingerprint density at radius 1 is 1.30 bits per heavy atom. The summed E-state index contributed by atoms with van der Waals surface area (Å²) in [4.78, 5) is 50.4. The van der Waals surface area contributed by atoms with Gasteiger partial charge in [0, 0.05) is 12.6 Å². The maximum Gasteiger partial charge on any atom is 0.469 e. The Kier molecular flexibility index (Phi) is 7.46. The van der Waals surface area contributed by atoms with E-state index in [4.69, 9.17) is 20.9 Å². The molecule has 0 saturated carbocycles. The van der Waals surface area contributed by atoms with E-state index in [-0.39, 0.29) is 32.0 Å². The molecule has 1 aromatic rings. The lowest BCUT2D eigenvalue weighted by atomic mass is 10.1. The Labute approximate surface area is 190 Å². The van der Waals surface area contributed by atoms with Crippen molar-refractivity contribution >= 4 is 37.5 Å². The van der Waals surface area contributed by atoms with Crippen LogP contribution in [0.5, 0.6) is 5.75 Å². The van der Waals surface area contributed by atoms with Crippen molar-refractivity contribution in [1.82, 2.24) is 9.80 Å². The van der Waals surface area contributed by atoms with Crippen molar-refractivity contribution in [2.75, 3.05) is 33.9 Å². The number of nitrogens with zero attached hydrogens (tertiary/aromatic N) is 4.